The maximum absolute atomic E-state index is 8.63. The predicted octanol–water partition coefficient (Wildman–Crippen LogP) is 0.912. The van der Waals surface area contributed by atoms with E-state index in [0.717, 1.165) is 38.1 Å². The van der Waals surface area contributed by atoms with Crippen LogP contribution in [0.1, 0.15) is 24.8 Å². The van der Waals surface area contributed by atoms with Gasteiger partial charge in [0, 0.05) is 18.7 Å². The average Bonchev–Trinajstić information content (AvgIpc) is 2.50. The standard InChI is InChI=1S/C14H23N3O3/c15-14(17-19)12-4-6-13(7-5-12)20-11-9-16-8-2-1-3-10-18/h4-7,16,18-19H,1-3,8-11H2,(H2,15,17). The summed E-state index contributed by atoms with van der Waals surface area (Å²) >= 11 is 0. The third-order valence-corrected chi connectivity index (χ3v) is 2.82. The van der Waals surface area contributed by atoms with Gasteiger partial charge in [-0.3, -0.25) is 0 Å². The minimum atomic E-state index is 0.0843. The molecule has 5 N–H and O–H groups in total. The Morgan fingerprint density at radius 1 is 1.15 bits per heavy atom. The van der Waals surface area contributed by atoms with Crippen LogP contribution < -0.4 is 15.8 Å². The van der Waals surface area contributed by atoms with Crippen molar-refractivity contribution in [1.82, 2.24) is 5.32 Å². The predicted molar refractivity (Wildman–Crippen MR) is 78.3 cm³/mol. The van der Waals surface area contributed by atoms with Crippen LogP contribution in [0.25, 0.3) is 0 Å². The van der Waals surface area contributed by atoms with Crippen LogP contribution in [-0.4, -0.2) is 42.5 Å². The van der Waals surface area contributed by atoms with Crippen molar-refractivity contribution in [3.05, 3.63) is 29.8 Å². The van der Waals surface area contributed by atoms with Gasteiger partial charge in [-0.25, -0.2) is 0 Å². The van der Waals surface area contributed by atoms with Crippen molar-refractivity contribution < 1.29 is 15.1 Å². The molecule has 1 rings (SSSR count). The fraction of sp³-hybridized carbons (Fsp3) is 0.500. The molecule has 6 nitrogen and oxygen atoms in total. The van der Waals surface area contributed by atoms with Gasteiger partial charge in [-0.05, 0) is 50.1 Å². The maximum Gasteiger partial charge on any atom is 0.170 e. The number of hydrogen-bond acceptors (Lipinski definition) is 5. The average molecular weight is 281 g/mol. The van der Waals surface area contributed by atoms with Crippen molar-refractivity contribution in [3.8, 4) is 5.75 Å². The normalized spacial score (nSPS) is 11.6. The number of aliphatic hydroxyl groups is 1. The van der Waals surface area contributed by atoms with Crippen LogP contribution in [0, 0.1) is 0 Å². The lowest BCUT2D eigenvalue weighted by molar-refractivity contribution is 0.281. The summed E-state index contributed by atoms with van der Waals surface area (Å²) in [4.78, 5) is 0. The monoisotopic (exact) mass is 281 g/mol. The van der Waals surface area contributed by atoms with Gasteiger partial charge < -0.3 is 26.1 Å². The van der Waals surface area contributed by atoms with Crippen molar-refractivity contribution in [3.63, 3.8) is 0 Å². The first-order valence-electron chi connectivity index (χ1n) is 6.80. The number of nitrogens with one attached hydrogen (secondary N) is 1. The second-order valence-corrected chi connectivity index (χ2v) is 4.39. The molecule has 0 radical (unpaired) electrons. The van der Waals surface area contributed by atoms with E-state index in [1.165, 1.54) is 0 Å². The van der Waals surface area contributed by atoms with E-state index in [1.807, 2.05) is 0 Å². The SMILES string of the molecule is N/C(=N/O)c1ccc(OCCNCCCCCO)cc1. The molecule has 0 spiro atoms. The quantitative estimate of drug-likeness (QED) is 0.168. The summed E-state index contributed by atoms with van der Waals surface area (Å²) < 4.78 is 5.56. The second kappa shape index (κ2) is 10.1. The molecule has 0 bridgehead atoms. The minimum Gasteiger partial charge on any atom is -0.492 e. The number of aliphatic hydroxyl groups excluding tert-OH is 1. The summed E-state index contributed by atoms with van der Waals surface area (Å²) in [5.41, 5.74) is 6.12. The molecule has 0 aliphatic heterocycles. The highest BCUT2D eigenvalue weighted by Crippen LogP contribution is 2.11. The van der Waals surface area contributed by atoms with Crippen molar-refractivity contribution in [2.45, 2.75) is 19.3 Å². The highest BCUT2D eigenvalue weighted by Gasteiger charge is 1.99. The van der Waals surface area contributed by atoms with Gasteiger partial charge in [0.25, 0.3) is 0 Å². The number of hydrogen-bond donors (Lipinski definition) is 4. The Balaban J connectivity index is 2.13. The van der Waals surface area contributed by atoms with E-state index >= 15 is 0 Å². The fourth-order valence-corrected chi connectivity index (χ4v) is 1.68. The van der Waals surface area contributed by atoms with Crippen LogP contribution in [0.15, 0.2) is 29.4 Å². The first-order valence-corrected chi connectivity index (χ1v) is 6.80. The van der Waals surface area contributed by atoms with Gasteiger partial charge in [0.15, 0.2) is 5.84 Å². The summed E-state index contributed by atoms with van der Waals surface area (Å²) in [6.07, 6.45) is 2.97. The molecule has 0 heterocycles. The molecular weight excluding hydrogens is 258 g/mol. The van der Waals surface area contributed by atoms with E-state index in [2.05, 4.69) is 10.5 Å². The maximum atomic E-state index is 8.63. The number of rotatable bonds is 10. The molecule has 0 fully saturated rings. The van der Waals surface area contributed by atoms with Crippen molar-refractivity contribution in [2.75, 3.05) is 26.3 Å². The molecule has 0 aromatic heterocycles. The van der Waals surface area contributed by atoms with Crippen LogP contribution in [0.2, 0.25) is 0 Å². The van der Waals surface area contributed by atoms with Gasteiger partial charge in [-0.15, -0.1) is 0 Å². The zero-order valence-electron chi connectivity index (χ0n) is 11.6. The largest absolute Gasteiger partial charge is 0.492 e. The topological polar surface area (TPSA) is 100 Å². The molecule has 0 unspecified atom stereocenters. The Morgan fingerprint density at radius 3 is 2.55 bits per heavy atom. The van der Waals surface area contributed by atoms with Crippen LogP contribution in [0.3, 0.4) is 0 Å². The fourth-order valence-electron chi connectivity index (χ4n) is 1.68. The molecule has 0 saturated heterocycles. The van der Waals surface area contributed by atoms with Crippen molar-refractivity contribution in [1.29, 1.82) is 0 Å². The van der Waals surface area contributed by atoms with Crippen molar-refractivity contribution >= 4 is 5.84 Å². The Bertz CT molecular complexity index is 393. The number of nitrogens with zero attached hydrogens (tertiary/aromatic N) is 1. The molecule has 112 valence electrons. The summed E-state index contributed by atoms with van der Waals surface area (Å²) in [5.74, 6) is 0.836. The number of oxime groups is 1. The molecular formula is C14H23N3O3. The van der Waals surface area contributed by atoms with Crippen LogP contribution in [0.4, 0.5) is 0 Å². The highest BCUT2D eigenvalue weighted by molar-refractivity contribution is 5.97. The first kappa shape index (κ1) is 16.3. The van der Waals surface area contributed by atoms with E-state index < -0.39 is 0 Å². The lowest BCUT2D eigenvalue weighted by Crippen LogP contribution is -2.22. The molecule has 1 aromatic rings. The van der Waals surface area contributed by atoms with Gasteiger partial charge in [-0.1, -0.05) is 5.16 Å². The third-order valence-electron chi connectivity index (χ3n) is 2.82. The lowest BCUT2D eigenvalue weighted by Gasteiger charge is -2.08. The zero-order chi connectivity index (χ0) is 14.6. The van der Waals surface area contributed by atoms with Crippen LogP contribution in [0.5, 0.6) is 5.75 Å². The van der Waals surface area contributed by atoms with Gasteiger partial charge in [-0.2, -0.15) is 0 Å². The Hall–Kier alpha value is -1.79. The first-order chi connectivity index (χ1) is 9.77. The molecule has 6 heteroatoms. The number of nitrogens with two attached hydrogens (primary N) is 1. The van der Waals surface area contributed by atoms with E-state index in [-0.39, 0.29) is 12.4 Å². The number of ether oxygens (including phenoxy) is 1. The summed E-state index contributed by atoms with van der Waals surface area (Å²) in [7, 11) is 0. The van der Waals surface area contributed by atoms with Gasteiger partial charge >= 0.3 is 0 Å². The lowest BCUT2D eigenvalue weighted by atomic mass is 10.2. The molecule has 0 aliphatic carbocycles. The smallest absolute Gasteiger partial charge is 0.170 e. The molecule has 20 heavy (non-hydrogen) atoms. The molecule has 1 aromatic carbocycles. The van der Waals surface area contributed by atoms with Gasteiger partial charge in [0.1, 0.15) is 12.4 Å². The van der Waals surface area contributed by atoms with Gasteiger partial charge in [0.2, 0.25) is 0 Å². The van der Waals surface area contributed by atoms with E-state index in [4.69, 9.17) is 20.8 Å². The Kier molecular flexibility index (Phi) is 8.17. The Labute approximate surface area is 119 Å². The van der Waals surface area contributed by atoms with E-state index in [9.17, 15) is 0 Å². The van der Waals surface area contributed by atoms with Crippen molar-refractivity contribution in [2.24, 2.45) is 10.9 Å². The highest BCUT2D eigenvalue weighted by atomic mass is 16.5. The van der Waals surface area contributed by atoms with Crippen LogP contribution in [-0.2, 0) is 0 Å². The molecule has 0 atom stereocenters. The number of benzene rings is 1. The summed E-state index contributed by atoms with van der Waals surface area (Å²) in [5, 5.41) is 23.4. The third kappa shape index (κ3) is 6.40. The summed E-state index contributed by atoms with van der Waals surface area (Å²) in [6, 6.07) is 7.06. The van der Waals surface area contributed by atoms with E-state index in [1.54, 1.807) is 24.3 Å². The Morgan fingerprint density at radius 2 is 1.90 bits per heavy atom. The van der Waals surface area contributed by atoms with Crippen LogP contribution >= 0.6 is 0 Å². The second-order valence-electron chi connectivity index (χ2n) is 4.39. The zero-order valence-corrected chi connectivity index (χ0v) is 11.6. The van der Waals surface area contributed by atoms with E-state index in [0.29, 0.717) is 12.2 Å². The summed E-state index contributed by atoms with van der Waals surface area (Å²) in [6.45, 7) is 2.57. The molecule has 0 saturated carbocycles. The number of amidine groups is 1. The molecule has 0 amide bonds. The molecule has 0 aliphatic rings. The van der Waals surface area contributed by atoms with Gasteiger partial charge in [0.05, 0.1) is 0 Å². The minimum absolute atomic E-state index is 0.0843. The number of unbranched alkanes of at least 4 members (excludes halogenated alkanes) is 2.